The molecule has 2 aliphatic heterocycles. The number of fused-ring (bicyclic) bond motifs is 1. The molecule has 2 aromatic rings. The van der Waals surface area contributed by atoms with Crippen molar-refractivity contribution in [3.8, 4) is 9.75 Å². The van der Waals surface area contributed by atoms with Gasteiger partial charge in [0.15, 0.2) is 0 Å². The third-order valence-electron chi connectivity index (χ3n) is 13.4. The Kier molecular flexibility index (Phi) is 26.7. The standard InChI is InChI=1S/C58H92N2O3S2.C2H6/c1-11-15-19-23-25-29-34-44(32-27-21-17-13-3)42-59-53(46(61)36-31-41-57(5,6)7)51-52(56(59)63)54(49-38-37-47(64-49)48-39-40-50(65-48)58(8,9)10)60(55(51)62)43-45(33-28-22-18-14-4)35-30-26-24-20-16-12-2;1-2/h31,36-41,44-45,61H,11-30,32-35,42-43H2,1-10H3;1-2H3/b41-31+,46-36-;. The fourth-order valence-electron chi connectivity index (χ4n) is 9.56. The molecule has 2 aliphatic rings. The zero-order valence-corrected chi connectivity index (χ0v) is 46.7. The monoisotopic (exact) mass is 959 g/mol. The van der Waals surface area contributed by atoms with Crippen LogP contribution in [0.15, 0.2) is 65.1 Å². The van der Waals surface area contributed by atoms with Crippen molar-refractivity contribution in [2.45, 2.75) is 243 Å². The van der Waals surface area contributed by atoms with Gasteiger partial charge in [0.05, 0.1) is 27.4 Å². The van der Waals surface area contributed by atoms with Gasteiger partial charge < -0.3 is 14.9 Å². The quantitative estimate of drug-likeness (QED) is 0.0451. The molecular weight excluding hydrogens is 861 g/mol. The van der Waals surface area contributed by atoms with Crippen LogP contribution in [0.2, 0.25) is 0 Å². The SMILES string of the molecule is CC.CCCCCCCCC(CCCCCC)CN1C(=O)C2=C(c3ccc(-c4ccc(C(C)(C)C)s4)s3)N(CC(CCCCCC)CCCCCCCC)C(=O)C2=C1/C(O)=C/C=C/C(C)(C)C. The largest absolute Gasteiger partial charge is 0.506 e. The molecule has 1 N–H and O–H groups in total. The van der Waals surface area contributed by atoms with Crippen LogP contribution in [0, 0.1) is 17.3 Å². The number of thiophene rings is 2. The van der Waals surface area contributed by atoms with Gasteiger partial charge in [-0.2, -0.15) is 0 Å². The van der Waals surface area contributed by atoms with Crippen LogP contribution in [-0.4, -0.2) is 39.8 Å². The molecule has 0 spiro atoms. The smallest absolute Gasteiger partial charge is 0.261 e. The number of unbranched alkanes of at least 4 members (excludes halogenated alkanes) is 16. The topological polar surface area (TPSA) is 60.9 Å². The summed E-state index contributed by atoms with van der Waals surface area (Å²) in [4.78, 5) is 39.5. The second kappa shape index (κ2) is 30.7. The Morgan fingerprint density at radius 3 is 1.42 bits per heavy atom. The number of amides is 2. The average Bonchev–Trinajstić information content (AvgIpc) is 4.09. The number of hydrogen-bond donors (Lipinski definition) is 1. The van der Waals surface area contributed by atoms with Crippen LogP contribution in [0.1, 0.15) is 247 Å². The van der Waals surface area contributed by atoms with Gasteiger partial charge in [0.1, 0.15) is 5.76 Å². The number of carbonyl (C=O) groups excluding carboxylic acids is 2. The van der Waals surface area contributed by atoms with Crippen molar-refractivity contribution in [3.05, 3.63) is 74.9 Å². The minimum absolute atomic E-state index is 0.00561. The van der Waals surface area contributed by atoms with E-state index in [1.54, 1.807) is 17.4 Å². The first kappa shape index (κ1) is 58.4. The van der Waals surface area contributed by atoms with E-state index in [0.717, 1.165) is 66.8 Å². The van der Waals surface area contributed by atoms with Crippen LogP contribution in [0.4, 0.5) is 0 Å². The maximum absolute atomic E-state index is 15.5. The third kappa shape index (κ3) is 18.7. The van der Waals surface area contributed by atoms with E-state index < -0.39 is 0 Å². The van der Waals surface area contributed by atoms with E-state index in [4.69, 9.17) is 0 Å². The van der Waals surface area contributed by atoms with E-state index in [1.165, 1.54) is 112 Å². The number of allylic oxidation sites excluding steroid dienone is 3. The molecule has 67 heavy (non-hydrogen) atoms. The Bertz CT molecular complexity index is 1880. The molecular formula is C60H98N2O3S2. The molecule has 2 aromatic heterocycles. The Balaban J connectivity index is 0.00000587. The molecule has 0 aliphatic carbocycles. The zero-order valence-electron chi connectivity index (χ0n) is 45.1. The molecule has 0 fully saturated rings. The predicted molar refractivity (Wildman–Crippen MR) is 295 cm³/mol. The van der Waals surface area contributed by atoms with E-state index in [1.807, 2.05) is 41.1 Å². The van der Waals surface area contributed by atoms with E-state index in [2.05, 4.69) is 99.6 Å². The van der Waals surface area contributed by atoms with E-state index in [0.29, 0.717) is 41.8 Å². The number of hydrogen-bond acceptors (Lipinski definition) is 5. The van der Waals surface area contributed by atoms with Crippen molar-refractivity contribution in [2.24, 2.45) is 17.3 Å². The summed E-state index contributed by atoms with van der Waals surface area (Å²) in [6.07, 6.45) is 34.3. The highest BCUT2D eigenvalue weighted by molar-refractivity contribution is 7.22. The van der Waals surface area contributed by atoms with E-state index >= 15 is 9.59 Å². The number of carbonyl (C=O) groups is 2. The second-order valence-corrected chi connectivity index (χ2v) is 23.8. The number of nitrogens with zero attached hydrogens (tertiary/aromatic N) is 2. The van der Waals surface area contributed by atoms with E-state index in [9.17, 15) is 5.11 Å². The van der Waals surface area contributed by atoms with Crippen molar-refractivity contribution in [1.82, 2.24) is 9.80 Å². The van der Waals surface area contributed by atoms with Gasteiger partial charge >= 0.3 is 0 Å². The summed E-state index contributed by atoms with van der Waals surface area (Å²) in [6, 6.07) is 8.82. The molecule has 2 unspecified atom stereocenters. The molecule has 5 nitrogen and oxygen atoms in total. The molecule has 2 atom stereocenters. The van der Waals surface area contributed by atoms with Gasteiger partial charge in [0, 0.05) is 27.7 Å². The minimum Gasteiger partial charge on any atom is -0.506 e. The lowest BCUT2D eigenvalue weighted by molar-refractivity contribution is -0.125. The van der Waals surface area contributed by atoms with Gasteiger partial charge in [0.2, 0.25) is 0 Å². The summed E-state index contributed by atoms with van der Waals surface area (Å²) in [5, 5.41) is 12.2. The van der Waals surface area contributed by atoms with Crippen molar-refractivity contribution >= 4 is 40.2 Å². The van der Waals surface area contributed by atoms with Crippen LogP contribution < -0.4 is 0 Å². The van der Waals surface area contributed by atoms with Gasteiger partial charge in [0.25, 0.3) is 11.8 Å². The molecule has 2 amide bonds. The summed E-state index contributed by atoms with van der Waals surface area (Å²) in [5.41, 5.74) is 2.03. The third-order valence-corrected chi connectivity index (χ3v) is 16.2. The Hall–Kier alpha value is -2.90. The maximum atomic E-state index is 15.5. The summed E-state index contributed by atoms with van der Waals surface area (Å²) in [7, 11) is 0. The Morgan fingerprint density at radius 1 is 0.552 bits per heavy atom. The van der Waals surface area contributed by atoms with Gasteiger partial charge in [-0.25, -0.2) is 0 Å². The first-order valence-electron chi connectivity index (χ1n) is 27.6. The second-order valence-electron chi connectivity index (χ2n) is 21.7. The highest BCUT2D eigenvalue weighted by atomic mass is 32.1. The fourth-order valence-corrected chi connectivity index (χ4v) is 11.8. The molecule has 0 aromatic carbocycles. The highest BCUT2D eigenvalue weighted by Gasteiger charge is 2.50. The average molecular weight is 960 g/mol. The predicted octanol–water partition coefficient (Wildman–Crippen LogP) is 19.2. The molecule has 0 saturated carbocycles. The molecule has 378 valence electrons. The molecule has 4 heterocycles. The lowest BCUT2D eigenvalue weighted by atomic mass is 9.93. The molecule has 4 rings (SSSR count). The molecule has 0 bridgehead atoms. The van der Waals surface area contributed by atoms with Crippen molar-refractivity contribution in [3.63, 3.8) is 0 Å². The minimum atomic E-state index is -0.126. The molecule has 7 heteroatoms. The van der Waals surface area contributed by atoms with Crippen LogP contribution in [-0.2, 0) is 15.0 Å². The van der Waals surface area contributed by atoms with Gasteiger partial charge in [-0.3, -0.25) is 9.59 Å². The lowest BCUT2D eigenvalue weighted by Crippen LogP contribution is -2.35. The fraction of sp³-hybridized carbons (Fsp3) is 0.700. The van der Waals surface area contributed by atoms with Gasteiger partial charge in [-0.1, -0.05) is 224 Å². The normalized spacial score (nSPS) is 15.7. The lowest BCUT2D eigenvalue weighted by Gasteiger charge is -2.29. The number of aliphatic hydroxyl groups is 1. The number of aliphatic hydroxyl groups excluding tert-OH is 1. The van der Waals surface area contributed by atoms with Crippen LogP contribution in [0.25, 0.3) is 15.5 Å². The summed E-state index contributed by atoms with van der Waals surface area (Å²) < 4.78 is 0. The zero-order chi connectivity index (χ0) is 49.4. The van der Waals surface area contributed by atoms with Crippen LogP contribution in [0.5, 0.6) is 0 Å². The summed E-state index contributed by atoms with van der Waals surface area (Å²) in [5.74, 6) is 0.378. The summed E-state index contributed by atoms with van der Waals surface area (Å²) >= 11 is 3.53. The first-order chi connectivity index (χ1) is 32.1. The first-order valence-corrected chi connectivity index (χ1v) is 29.2. The van der Waals surface area contributed by atoms with Gasteiger partial charge in [-0.05, 0) is 78.7 Å². The van der Waals surface area contributed by atoms with Crippen molar-refractivity contribution in [1.29, 1.82) is 0 Å². The molecule has 0 radical (unpaired) electrons. The van der Waals surface area contributed by atoms with Crippen LogP contribution in [0.3, 0.4) is 0 Å². The maximum Gasteiger partial charge on any atom is 0.261 e. The highest BCUT2D eigenvalue weighted by Crippen LogP contribution is 2.49. The van der Waals surface area contributed by atoms with Crippen molar-refractivity contribution < 1.29 is 14.7 Å². The van der Waals surface area contributed by atoms with E-state index in [-0.39, 0.29) is 28.4 Å². The van der Waals surface area contributed by atoms with Crippen LogP contribution >= 0.6 is 22.7 Å². The number of rotatable bonds is 32. The Morgan fingerprint density at radius 2 is 0.955 bits per heavy atom. The molecule has 0 saturated heterocycles. The van der Waals surface area contributed by atoms with Crippen molar-refractivity contribution in [2.75, 3.05) is 13.1 Å². The summed E-state index contributed by atoms with van der Waals surface area (Å²) in [6.45, 7) is 27.4. The Labute approximate surface area is 420 Å². The van der Waals surface area contributed by atoms with Gasteiger partial charge in [-0.15, -0.1) is 22.7 Å².